The van der Waals surface area contributed by atoms with E-state index in [0.717, 1.165) is 5.82 Å². The molecule has 0 N–H and O–H groups in total. The summed E-state index contributed by atoms with van der Waals surface area (Å²) in [6.07, 6.45) is 4.57. The average molecular weight is 306 g/mol. The molecule has 1 fully saturated rings. The minimum absolute atomic E-state index is 0.132. The quantitative estimate of drug-likeness (QED) is 0.781. The Morgan fingerprint density at radius 2 is 1.55 bits per heavy atom. The molecule has 1 saturated heterocycles. The van der Waals surface area contributed by atoms with Crippen LogP contribution in [0, 0.1) is 0 Å². The first-order valence-electron chi connectivity index (χ1n) is 7.48. The molecule has 0 atom stereocenters. The van der Waals surface area contributed by atoms with E-state index in [2.05, 4.69) is 9.97 Å². The summed E-state index contributed by atoms with van der Waals surface area (Å²) in [5.74, 6) is 0.723. The molecule has 0 saturated carbocycles. The molecule has 22 heavy (non-hydrogen) atoms. The molecule has 2 heterocycles. The van der Waals surface area contributed by atoms with Crippen LogP contribution in [0.3, 0.4) is 0 Å². The Bertz CT molecular complexity index is 561. The van der Waals surface area contributed by atoms with Gasteiger partial charge in [0.25, 0.3) is 0 Å². The van der Waals surface area contributed by atoms with Gasteiger partial charge in [-0.1, -0.05) is 20.8 Å². The zero-order chi connectivity index (χ0) is 16.8. The first-order valence-corrected chi connectivity index (χ1v) is 7.48. The largest absolute Gasteiger partial charge is 0.525 e. The fourth-order valence-electron chi connectivity index (χ4n) is 1.98. The molecule has 120 valence electrons. The lowest BCUT2D eigenvalue weighted by atomic mass is 9.87. The van der Waals surface area contributed by atoms with Gasteiger partial charge in [-0.05, 0) is 33.8 Å². The van der Waals surface area contributed by atoms with Crippen molar-refractivity contribution >= 4 is 13.2 Å². The van der Waals surface area contributed by atoms with Gasteiger partial charge >= 0.3 is 7.12 Å². The number of halogens is 1. The van der Waals surface area contributed by atoms with Crippen molar-refractivity contribution in [1.29, 1.82) is 0 Å². The van der Waals surface area contributed by atoms with Gasteiger partial charge in [-0.25, -0.2) is 14.4 Å². The van der Waals surface area contributed by atoms with Gasteiger partial charge < -0.3 is 9.31 Å². The van der Waals surface area contributed by atoms with Crippen LogP contribution in [0.25, 0.3) is 6.08 Å². The van der Waals surface area contributed by atoms with E-state index < -0.39 is 24.0 Å². The molecule has 0 unspecified atom stereocenters. The standard InChI is InChI=1S/C16H24BFN2O2/c1-14(2,3)13-19-9-11(10-20-13)8-12(18)17-21-15(4,5)16(6,7)22-17/h8-10H,1-7H3. The van der Waals surface area contributed by atoms with Gasteiger partial charge in [-0.15, -0.1) is 0 Å². The number of rotatable bonds is 2. The van der Waals surface area contributed by atoms with Crippen LogP contribution in [-0.4, -0.2) is 28.3 Å². The summed E-state index contributed by atoms with van der Waals surface area (Å²) in [4.78, 5) is 8.57. The second-order valence-corrected chi connectivity index (χ2v) is 7.71. The molecule has 1 aromatic heterocycles. The molecule has 0 aliphatic carbocycles. The number of aromatic nitrogens is 2. The zero-order valence-corrected chi connectivity index (χ0v) is 14.4. The molecule has 1 aliphatic heterocycles. The van der Waals surface area contributed by atoms with Crippen molar-refractivity contribution in [3.05, 3.63) is 29.5 Å². The van der Waals surface area contributed by atoms with Crippen LogP contribution in [0.2, 0.25) is 0 Å². The molecule has 0 spiro atoms. The summed E-state index contributed by atoms with van der Waals surface area (Å²) in [6.45, 7) is 13.7. The van der Waals surface area contributed by atoms with Gasteiger partial charge in [-0.3, -0.25) is 0 Å². The first kappa shape index (κ1) is 17.1. The Kier molecular flexibility index (Phi) is 4.21. The van der Waals surface area contributed by atoms with Crippen LogP contribution >= 0.6 is 0 Å². The third kappa shape index (κ3) is 3.38. The van der Waals surface area contributed by atoms with Crippen molar-refractivity contribution in [2.45, 2.75) is 65.1 Å². The Morgan fingerprint density at radius 3 is 1.95 bits per heavy atom. The Morgan fingerprint density at radius 1 is 1.09 bits per heavy atom. The minimum atomic E-state index is -0.993. The van der Waals surface area contributed by atoms with E-state index in [4.69, 9.17) is 9.31 Å². The van der Waals surface area contributed by atoms with Crippen molar-refractivity contribution in [3.63, 3.8) is 0 Å². The fourth-order valence-corrected chi connectivity index (χ4v) is 1.98. The van der Waals surface area contributed by atoms with Gasteiger partial charge in [0.05, 0.1) is 11.2 Å². The predicted molar refractivity (Wildman–Crippen MR) is 85.9 cm³/mol. The van der Waals surface area contributed by atoms with Crippen molar-refractivity contribution in [2.24, 2.45) is 0 Å². The van der Waals surface area contributed by atoms with Crippen LogP contribution in [-0.2, 0) is 14.7 Å². The molecule has 0 radical (unpaired) electrons. The number of hydrogen-bond acceptors (Lipinski definition) is 4. The van der Waals surface area contributed by atoms with Gasteiger partial charge in [-0.2, -0.15) is 0 Å². The Hall–Kier alpha value is -1.27. The van der Waals surface area contributed by atoms with Crippen molar-refractivity contribution in [3.8, 4) is 0 Å². The van der Waals surface area contributed by atoms with Crippen molar-refractivity contribution in [1.82, 2.24) is 9.97 Å². The normalized spacial score (nSPS) is 21.3. The lowest BCUT2D eigenvalue weighted by molar-refractivity contribution is 0.00578. The first-order chi connectivity index (χ1) is 9.92. The molecule has 1 aromatic rings. The molecule has 0 bridgehead atoms. The molecule has 4 nitrogen and oxygen atoms in total. The molecule has 0 aromatic carbocycles. The topological polar surface area (TPSA) is 44.2 Å². The van der Waals surface area contributed by atoms with E-state index in [0.29, 0.717) is 5.56 Å². The van der Waals surface area contributed by atoms with Gasteiger partial charge in [0.2, 0.25) is 0 Å². The van der Waals surface area contributed by atoms with Crippen LogP contribution in [0.15, 0.2) is 18.1 Å². The maximum atomic E-state index is 14.4. The maximum Gasteiger partial charge on any atom is 0.525 e. The Labute approximate surface area is 132 Å². The van der Waals surface area contributed by atoms with Crippen molar-refractivity contribution < 1.29 is 13.7 Å². The van der Waals surface area contributed by atoms with Gasteiger partial charge in [0.15, 0.2) is 0 Å². The lowest BCUT2D eigenvalue weighted by Gasteiger charge is -2.32. The van der Waals surface area contributed by atoms with Crippen LogP contribution in [0.5, 0.6) is 0 Å². The lowest BCUT2D eigenvalue weighted by Crippen LogP contribution is -2.41. The maximum absolute atomic E-state index is 14.4. The molecule has 0 amide bonds. The SMILES string of the molecule is CC(C)(C)c1ncc(C=C(F)B2OC(C)(C)C(C)(C)O2)cn1. The summed E-state index contributed by atoms with van der Waals surface area (Å²) < 4.78 is 25.7. The molecule has 2 rings (SSSR count). The van der Waals surface area contributed by atoms with E-state index >= 15 is 0 Å². The molecule has 6 heteroatoms. The second-order valence-electron chi connectivity index (χ2n) is 7.71. The number of hydrogen-bond donors (Lipinski definition) is 0. The van der Waals surface area contributed by atoms with Gasteiger partial charge in [0.1, 0.15) is 11.6 Å². The average Bonchev–Trinajstić information content (AvgIpc) is 2.58. The Balaban J connectivity index is 2.17. The third-order valence-electron chi connectivity index (χ3n) is 4.13. The second kappa shape index (κ2) is 5.42. The van der Waals surface area contributed by atoms with Crippen LogP contribution in [0.4, 0.5) is 4.39 Å². The van der Waals surface area contributed by atoms with E-state index in [1.54, 1.807) is 12.4 Å². The van der Waals surface area contributed by atoms with Crippen LogP contribution in [0.1, 0.15) is 59.9 Å². The molecule has 1 aliphatic rings. The highest BCUT2D eigenvalue weighted by atomic mass is 19.1. The highest BCUT2D eigenvalue weighted by Crippen LogP contribution is 2.39. The summed E-state index contributed by atoms with van der Waals surface area (Å²) in [7, 11) is -0.993. The van der Waals surface area contributed by atoms with Crippen LogP contribution < -0.4 is 0 Å². The summed E-state index contributed by atoms with van der Waals surface area (Å²) in [6, 6.07) is 0. The minimum Gasteiger partial charge on any atom is -0.398 e. The monoisotopic (exact) mass is 306 g/mol. The van der Waals surface area contributed by atoms with E-state index in [1.807, 2.05) is 48.5 Å². The van der Waals surface area contributed by atoms with E-state index in [-0.39, 0.29) is 5.41 Å². The summed E-state index contributed by atoms with van der Waals surface area (Å²) >= 11 is 0. The van der Waals surface area contributed by atoms with Gasteiger partial charge in [0, 0.05) is 23.4 Å². The van der Waals surface area contributed by atoms with E-state index in [1.165, 1.54) is 6.08 Å². The highest BCUT2D eigenvalue weighted by Gasteiger charge is 2.53. The van der Waals surface area contributed by atoms with E-state index in [9.17, 15) is 4.39 Å². The summed E-state index contributed by atoms with van der Waals surface area (Å²) in [5, 5.41) is 0. The summed E-state index contributed by atoms with van der Waals surface area (Å²) in [5.41, 5.74) is -1.15. The fraction of sp³-hybridized carbons (Fsp3) is 0.625. The predicted octanol–water partition coefficient (Wildman–Crippen LogP) is 3.72. The smallest absolute Gasteiger partial charge is 0.398 e. The third-order valence-corrected chi connectivity index (χ3v) is 4.13. The number of nitrogens with zero attached hydrogens (tertiary/aromatic N) is 2. The highest BCUT2D eigenvalue weighted by molar-refractivity contribution is 6.54. The zero-order valence-electron chi connectivity index (χ0n) is 14.4. The molecular formula is C16H24BFN2O2. The van der Waals surface area contributed by atoms with Crippen molar-refractivity contribution in [2.75, 3.05) is 0 Å². The molecular weight excluding hydrogens is 282 g/mol.